The quantitative estimate of drug-likeness (QED) is 0.615. The van der Waals surface area contributed by atoms with Crippen molar-refractivity contribution < 1.29 is 4.92 Å². The zero-order valence-electron chi connectivity index (χ0n) is 14.0. The van der Waals surface area contributed by atoms with Gasteiger partial charge in [0, 0.05) is 30.6 Å². The number of benzene rings is 1. The predicted molar refractivity (Wildman–Crippen MR) is 93.0 cm³/mol. The lowest BCUT2D eigenvalue weighted by Gasteiger charge is -2.24. The molecule has 6 heteroatoms. The first-order valence-corrected chi connectivity index (χ1v) is 8.14. The molecule has 0 N–H and O–H groups in total. The van der Waals surface area contributed by atoms with Crippen LogP contribution in [0.3, 0.4) is 0 Å². The molecule has 1 aromatic carbocycles. The number of anilines is 1. The minimum absolute atomic E-state index is 0.0231. The molecule has 2 aromatic rings. The number of nitrogens with zero attached hydrogens (tertiary/aromatic N) is 4. The second-order valence-corrected chi connectivity index (χ2v) is 7.10. The van der Waals surface area contributed by atoms with E-state index < -0.39 is 4.92 Å². The lowest BCUT2D eigenvalue weighted by atomic mass is 9.85. The van der Waals surface area contributed by atoms with Crippen molar-refractivity contribution in [3.05, 3.63) is 39.9 Å². The van der Waals surface area contributed by atoms with Gasteiger partial charge >= 0.3 is 0 Å². The summed E-state index contributed by atoms with van der Waals surface area (Å²) in [5, 5.41) is 20.9. The highest BCUT2D eigenvalue weighted by Gasteiger charge is 2.24. The van der Waals surface area contributed by atoms with Crippen LogP contribution in [0.1, 0.15) is 38.7 Å². The lowest BCUT2D eigenvalue weighted by molar-refractivity contribution is -0.384. The van der Waals surface area contributed by atoms with Gasteiger partial charge in [0.1, 0.15) is 5.82 Å². The van der Waals surface area contributed by atoms with Crippen molar-refractivity contribution in [2.24, 2.45) is 5.41 Å². The molecule has 1 saturated heterocycles. The second-order valence-electron chi connectivity index (χ2n) is 7.10. The van der Waals surface area contributed by atoms with Crippen molar-refractivity contribution >= 4 is 22.4 Å². The van der Waals surface area contributed by atoms with E-state index in [1.165, 1.54) is 18.6 Å². The second kappa shape index (κ2) is 6.08. The molecule has 0 aliphatic carbocycles. The standard InChI is InChI=1S/C18H20N4O2/c1-18(2)6-3-8-21(9-7-18)17-10-13(12-19)15-11-14(22(23)24)4-5-16(15)20-17/h4-5,10-11H,3,6-9H2,1-2H3. The molecule has 2 heterocycles. The molecule has 1 aliphatic heterocycles. The van der Waals surface area contributed by atoms with E-state index in [0.29, 0.717) is 21.9 Å². The highest BCUT2D eigenvalue weighted by Crippen LogP contribution is 2.32. The number of nitriles is 1. The van der Waals surface area contributed by atoms with Crippen molar-refractivity contribution in [3.63, 3.8) is 0 Å². The van der Waals surface area contributed by atoms with E-state index in [1.807, 2.05) is 0 Å². The monoisotopic (exact) mass is 324 g/mol. The van der Waals surface area contributed by atoms with Gasteiger partial charge in [0.15, 0.2) is 0 Å². The van der Waals surface area contributed by atoms with Crippen LogP contribution in [0.25, 0.3) is 10.9 Å². The Morgan fingerprint density at radius 3 is 2.79 bits per heavy atom. The highest BCUT2D eigenvalue weighted by atomic mass is 16.6. The van der Waals surface area contributed by atoms with Crippen LogP contribution in [-0.4, -0.2) is 23.0 Å². The van der Waals surface area contributed by atoms with Gasteiger partial charge in [0.25, 0.3) is 5.69 Å². The fourth-order valence-electron chi connectivity index (χ4n) is 3.22. The molecule has 1 aromatic heterocycles. The Morgan fingerprint density at radius 2 is 2.08 bits per heavy atom. The molecular weight excluding hydrogens is 304 g/mol. The Bertz CT molecular complexity index is 839. The molecule has 0 spiro atoms. The third kappa shape index (κ3) is 3.16. The molecule has 0 unspecified atom stereocenters. The van der Waals surface area contributed by atoms with Crippen molar-refractivity contribution in [1.29, 1.82) is 5.26 Å². The van der Waals surface area contributed by atoms with Crippen LogP contribution in [0, 0.1) is 26.9 Å². The Kier molecular flexibility index (Phi) is 4.10. The van der Waals surface area contributed by atoms with Crippen molar-refractivity contribution in [1.82, 2.24) is 4.98 Å². The fourth-order valence-corrected chi connectivity index (χ4v) is 3.22. The molecule has 0 bridgehead atoms. The smallest absolute Gasteiger partial charge is 0.270 e. The van der Waals surface area contributed by atoms with Crippen LogP contribution >= 0.6 is 0 Å². The summed E-state index contributed by atoms with van der Waals surface area (Å²) >= 11 is 0. The van der Waals surface area contributed by atoms with Crippen LogP contribution < -0.4 is 4.90 Å². The molecule has 0 atom stereocenters. The van der Waals surface area contributed by atoms with Gasteiger partial charge < -0.3 is 4.90 Å². The topological polar surface area (TPSA) is 83.1 Å². The zero-order chi connectivity index (χ0) is 17.3. The molecule has 24 heavy (non-hydrogen) atoms. The summed E-state index contributed by atoms with van der Waals surface area (Å²) in [6, 6.07) is 8.40. The maximum Gasteiger partial charge on any atom is 0.270 e. The number of hydrogen-bond donors (Lipinski definition) is 0. The van der Waals surface area contributed by atoms with Gasteiger partial charge in [-0.1, -0.05) is 13.8 Å². The highest BCUT2D eigenvalue weighted by molar-refractivity contribution is 5.88. The van der Waals surface area contributed by atoms with E-state index in [9.17, 15) is 15.4 Å². The van der Waals surface area contributed by atoms with Gasteiger partial charge in [-0.05, 0) is 36.8 Å². The predicted octanol–water partition coefficient (Wildman–Crippen LogP) is 4.03. The van der Waals surface area contributed by atoms with E-state index in [2.05, 4.69) is 29.8 Å². The number of nitro benzene ring substituents is 1. The van der Waals surface area contributed by atoms with Gasteiger partial charge in [-0.25, -0.2) is 4.98 Å². The summed E-state index contributed by atoms with van der Waals surface area (Å²) in [7, 11) is 0. The van der Waals surface area contributed by atoms with Crippen molar-refractivity contribution in [2.75, 3.05) is 18.0 Å². The largest absolute Gasteiger partial charge is 0.357 e. The van der Waals surface area contributed by atoms with E-state index in [4.69, 9.17) is 0 Å². The number of pyridine rings is 1. The number of nitro groups is 1. The first-order chi connectivity index (χ1) is 11.4. The number of fused-ring (bicyclic) bond motifs is 1. The van der Waals surface area contributed by atoms with Crippen LogP contribution in [-0.2, 0) is 0 Å². The van der Waals surface area contributed by atoms with Crippen LogP contribution in [0.2, 0.25) is 0 Å². The van der Waals surface area contributed by atoms with Gasteiger partial charge in [-0.15, -0.1) is 0 Å². The first kappa shape index (κ1) is 16.2. The summed E-state index contributed by atoms with van der Waals surface area (Å²) in [5.41, 5.74) is 1.36. The molecule has 3 rings (SSSR count). The average Bonchev–Trinajstić information content (AvgIpc) is 2.73. The van der Waals surface area contributed by atoms with Crippen LogP contribution in [0.4, 0.5) is 11.5 Å². The maximum atomic E-state index is 11.0. The van der Waals surface area contributed by atoms with E-state index in [-0.39, 0.29) is 5.69 Å². The van der Waals surface area contributed by atoms with E-state index in [1.54, 1.807) is 12.1 Å². The number of non-ortho nitro benzene ring substituents is 1. The van der Waals surface area contributed by atoms with Crippen molar-refractivity contribution in [2.45, 2.75) is 33.1 Å². The Morgan fingerprint density at radius 1 is 1.29 bits per heavy atom. The molecule has 0 saturated carbocycles. The third-order valence-corrected chi connectivity index (χ3v) is 4.77. The average molecular weight is 324 g/mol. The SMILES string of the molecule is CC1(C)CCCN(c2cc(C#N)c3cc([N+](=O)[O-])ccc3n2)CC1. The van der Waals surface area contributed by atoms with Crippen LogP contribution in [0.5, 0.6) is 0 Å². The summed E-state index contributed by atoms with van der Waals surface area (Å²) < 4.78 is 0. The fraction of sp³-hybridized carbons (Fsp3) is 0.444. The summed E-state index contributed by atoms with van der Waals surface area (Å²) in [6.07, 6.45) is 3.35. The third-order valence-electron chi connectivity index (χ3n) is 4.77. The lowest BCUT2D eigenvalue weighted by Crippen LogP contribution is -2.26. The van der Waals surface area contributed by atoms with Crippen molar-refractivity contribution in [3.8, 4) is 6.07 Å². The summed E-state index contributed by atoms with van der Waals surface area (Å²) in [5.74, 6) is 0.783. The van der Waals surface area contributed by atoms with Crippen LogP contribution in [0.15, 0.2) is 24.3 Å². The zero-order valence-corrected chi connectivity index (χ0v) is 14.0. The Labute approximate surface area is 140 Å². The van der Waals surface area contributed by atoms with E-state index in [0.717, 1.165) is 31.7 Å². The first-order valence-electron chi connectivity index (χ1n) is 8.14. The number of rotatable bonds is 2. The molecule has 0 radical (unpaired) electrons. The molecule has 124 valence electrons. The van der Waals surface area contributed by atoms with Gasteiger partial charge in [0.05, 0.1) is 22.1 Å². The molecule has 6 nitrogen and oxygen atoms in total. The normalized spacial score (nSPS) is 17.3. The van der Waals surface area contributed by atoms with Gasteiger partial charge in [0.2, 0.25) is 0 Å². The number of hydrogen-bond acceptors (Lipinski definition) is 5. The Balaban J connectivity index is 2.02. The summed E-state index contributed by atoms with van der Waals surface area (Å²) in [6.45, 7) is 6.39. The molecule has 0 amide bonds. The van der Waals surface area contributed by atoms with E-state index >= 15 is 0 Å². The maximum absolute atomic E-state index is 11.0. The minimum atomic E-state index is -0.453. The minimum Gasteiger partial charge on any atom is -0.357 e. The van der Waals surface area contributed by atoms with Gasteiger partial charge in [-0.3, -0.25) is 10.1 Å². The molecule has 1 aliphatic rings. The van der Waals surface area contributed by atoms with Gasteiger partial charge in [-0.2, -0.15) is 5.26 Å². The molecule has 1 fully saturated rings. The summed E-state index contributed by atoms with van der Waals surface area (Å²) in [4.78, 5) is 17.4. The molecular formula is C18H20N4O2. The number of aromatic nitrogens is 1. The Hall–Kier alpha value is -2.68.